The van der Waals surface area contributed by atoms with E-state index in [1.165, 1.54) is 0 Å². The molecule has 0 saturated carbocycles. The Kier molecular flexibility index (Phi) is 7.08. The number of ether oxygens (including phenoxy) is 1. The summed E-state index contributed by atoms with van der Waals surface area (Å²) in [5, 5.41) is 25.6. The average molecular weight is 266 g/mol. The molecule has 106 valence electrons. The van der Waals surface area contributed by atoms with Gasteiger partial charge in [-0.2, -0.15) is 5.26 Å². The summed E-state index contributed by atoms with van der Waals surface area (Å²) in [6, 6.07) is 2.12. The van der Waals surface area contributed by atoms with Crippen LogP contribution in [0, 0.1) is 17.2 Å². The van der Waals surface area contributed by atoms with Crippen molar-refractivity contribution in [3.05, 3.63) is 11.4 Å². The molecule has 1 aromatic heterocycles. The molecule has 0 aliphatic heterocycles. The summed E-state index contributed by atoms with van der Waals surface area (Å²) in [5.41, 5.74) is 1.80. The zero-order chi connectivity index (χ0) is 14.1. The van der Waals surface area contributed by atoms with Gasteiger partial charge in [-0.3, -0.25) is 0 Å². The van der Waals surface area contributed by atoms with Gasteiger partial charge < -0.3 is 9.84 Å². The van der Waals surface area contributed by atoms with E-state index in [0.29, 0.717) is 32.1 Å². The van der Waals surface area contributed by atoms with E-state index in [-0.39, 0.29) is 6.61 Å². The van der Waals surface area contributed by atoms with Gasteiger partial charge in [0.25, 0.3) is 0 Å². The van der Waals surface area contributed by atoms with Gasteiger partial charge in [-0.15, -0.1) is 5.10 Å². The summed E-state index contributed by atoms with van der Waals surface area (Å²) in [7, 11) is 0. The van der Waals surface area contributed by atoms with Crippen LogP contribution in [-0.2, 0) is 24.1 Å². The first-order valence-electron chi connectivity index (χ1n) is 6.65. The Labute approximate surface area is 114 Å². The van der Waals surface area contributed by atoms with Gasteiger partial charge in [-0.1, -0.05) is 19.1 Å². The van der Waals surface area contributed by atoms with Gasteiger partial charge in [0.05, 0.1) is 50.2 Å². The first kappa shape index (κ1) is 15.6. The average Bonchev–Trinajstić information content (AvgIpc) is 2.75. The van der Waals surface area contributed by atoms with Gasteiger partial charge in [-0.05, 0) is 18.8 Å². The summed E-state index contributed by atoms with van der Waals surface area (Å²) in [6.07, 6.45) is 2.22. The molecular formula is C13H22N4O2. The van der Waals surface area contributed by atoms with E-state index >= 15 is 0 Å². The van der Waals surface area contributed by atoms with Crippen LogP contribution in [0.1, 0.15) is 31.7 Å². The van der Waals surface area contributed by atoms with Crippen molar-refractivity contribution >= 4 is 0 Å². The molecule has 0 atom stereocenters. The second-order valence-electron chi connectivity index (χ2n) is 4.81. The van der Waals surface area contributed by atoms with Gasteiger partial charge in [0, 0.05) is 0 Å². The first-order valence-corrected chi connectivity index (χ1v) is 6.65. The molecule has 0 aliphatic carbocycles. The maximum atomic E-state index is 8.80. The van der Waals surface area contributed by atoms with Gasteiger partial charge >= 0.3 is 0 Å². The molecule has 0 radical (unpaired) electrons. The van der Waals surface area contributed by atoms with E-state index in [2.05, 4.69) is 30.2 Å². The number of aliphatic hydroxyl groups is 1. The molecule has 19 heavy (non-hydrogen) atoms. The first-order chi connectivity index (χ1) is 9.19. The van der Waals surface area contributed by atoms with Crippen LogP contribution >= 0.6 is 0 Å². The minimum absolute atomic E-state index is 0.0250. The van der Waals surface area contributed by atoms with Crippen LogP contribution in [0.25, 0.3) is 0 Å². The number of hydrogen-bond acceptors (Lipinski definition) is 5. The Hall–Kier alpha value is -1.45. The number of aliphatic hydroxyl groups excluding tert-OH is 1. The molecule has 0 spiro atoms. The second kappa shape index (κ2) is 8.62. The number of nitriles is 1. The maximum absolute atomic E-state index is 8.80. The van der Waals surface area contributed by atoms with Crippen LogP contribution in [0.5, 0.6) is 0 Å². The summed E-state index contributed by atoms with van der Waals surface area (Å²) in [4.78, 5) is 0. The van der Waals surface area contributed by atoms with Gasteiger partial charge in [-0.25, -0.2) is 4.68 Å². The maximum Gasteiger partial charge on any atom is 0.0999 e. The van der Waals surface area contributed by atoms with Crippen LogP contribution in [0.3, 0.4) is 0 Å². The Bertz CT molecular complexity index is 409. The molecule has 1 aromatic rings. The van der Waals surface area contributed by atoms with Crippen LogP contribution in [0.2, 0.25) is 0 Å². The lowest BCUT2D eigenvalue weighted by Crippen LogP contribution is -2.13. The lowest BCUT2D eigenvalue weighted by molar-refractivity contribution is 0.0847. The molecule has 0 amide bonds. The molecule has 0 fully saturated rings. The molecule has 0 aliphatic rings. The number of aromatic nitrogens is 3. The highest BCUT2D eigenvalue weighted by atomic mass is 16.5. The van der Waals surface area contributed by atoms with Crippen LogP contribution in [0.15, 0.2) is 0 Å². The second-order valence-corrected chi connectivity index (χ2v) is 4.81. The van der Waals surface area contributed by atoms with Gasteiger partial charge in [0.2, 0.25) is 0 Å². The quantitative estimate of drug-likeness (QED) is 0.672. The van der Waals surface area contributed by atoms with Crippen LogP contribution in [0.4, 0.5) is 0 Å². The zero-order valence-corrected chi connectivity index (χ0v) is 11.7. The van der Waals surface area contributed by atoms with Crippen LogP contribution in [-0.4, -0.2) is 39.9 Å². The monoisotopic (exact) mass is 266 g/mol. The largest absolute Gasteiger partial charge is 0.394 e. The molecule has 1 N–H and O–H groups in total. The Morgan fingerprint density at radius 3 is 2.84 bits per heavy atom. The Morgan fingerprint density at radius 1 is 1.42 bits per heavy atom. The van der Waals surface area contributed by atoms with Crippen molar-refractivity contribution in [1.82, 2.24) is 15.0 Å². The third-order valence-corrected chi connectivity index (χ3v) is 2.81. The lowest BCUT2D eigenvalue weighted by atomic mass is 10.0. The van der Waals surface area contributed by atoms with Gasteiger partial charge in [0.1, 0.15) is 0 Å². The smallest absolute Gasteiger partial charge is 0.0999 e. The standard InChI is InChI=1S/C13H22N4O2/c1-11(2)3-4-13-12(5-6-14)15-16-17(13)7-9-19-10-8-18/h11,18H,3-5,7-10H2,1-2H3. The lowest BCUT2D eigenvalue weighted by Gasteiger charge is -2.09. The van der Waals surface area contributed by atoms with Crippen molar-refractivity contribution in [1.29, 1.82) is 5.26 Å². The predicted molar refractivity (Wildman–Crippen MR) is 70.4 cm³/mol. The molecule has 0 aromatic carbocycles. The summed E-state index contributed by atoms with van der Waals surface area (Å²) < 4.78 is 7.04. The Morgan fingerprint density at radius 2 is 2.21 bits per heavy atom. The highest BCUT2D eigenvalue weighted by Gasteiger charge is 2.12. The molecule has 6 nitrogen and oxygen atoms in total. The fourth-order valence-corrected chi connectivity index (χ4v) is 1.78. The molecule has 0 unspecified atom stereocenters. The highest BCUT2D eigenvalue weighted by Crippen LogP contribution is 2.12. The molecule has 6 heteroatoms. The van der Waals surface area contributed by atoms with E-state index in [1.807, 2.05) is 4.68 Å². The molecular weight excluding hydrogens is 244 g/mol. The van der Waals surface area contributed by atoms with Crippen molar-refractivity contribution in [3.8, 4) is 6.07 Å². The minimum Gasteiger partial charge on any atom is -0.394 e. The predicted octanol–water partition coefficient (Wildman–Crippen LogP) is 0.942. The SMILES string of the molecule is CC(C)CCc1c(CC#N)nnn1CCOCCO. The third-order valence-electron chi connectivity index (χ3n) is 2.81. The zero-order valence-electron chi connectivity index (χ0n) is 11.7. The van der Waals surface area contributed by atoms with E-state index in [4.69, 9.17) is 15.1 Å². The van der Waals surface area contributed by atoms with Crippen molar-refractivity contribution in [3.63, 3.8) is 0 Å². The summed E-state index contributed by atoms with van der Waals surface area (Å²) >= 11 is 0. The molecule has 0 saturated heterocycles. The molecule has 0 bridgehead atoms. The van der Waals surface area contributed by atoms with E-state index < -0.39 is 0 Å². The van der Waals surface area contributed by atoms with E-state index in [1.54, 1.807) is 0 Å². The molecule has 1 rings (SSSR count). The summed E-state index contributed by atoms with van der Waals surface area (Å²) in [5.74, 6) is 0.601. The highest BCUT2D eigenvalue weighted by molar-refractivity contribution is 5.14. The van der Waals surface area contributed by atoms with E-state index in [0.717, 1.165) is 24.2 Å². The van der Waals surface area contributed by atoms with Crippen molar-refractivity contribution in [2.45, 2.75) is 39.7 Å². The number of rotatable bonds is 9. The van der Waals surface area contributed by atoms with Crippen molar-refractivity contribution in [2.75, 3.05) is 19.8 Å². The minimum atomic E-state index is 0.0250. The van der Waals surface area contributed by atoms with E-state index in [9.17, 15) is 0 Å². The van der Waals surface area contributed by atoms with Crippen molar-refractivity contribution < 1.29 is 9.84 Å². The Balaban J connectivity index is 2.65. The topological polar surface area (TPSA) is 84.0 Å². The van der Waals surface area contributed by atoms with Gasteiger partial charge in [0.15, 0.2) is 0 Å². The third kappa shape index (κ3) is 5.37. The summed E-state index contributed by atoms with van der Waals surface area (Å²) in [6.45, 7) is 5.79. The number of nitrogens with zero attached hydrogens (tertiary/aromatic N) is 4. The fourth-order valence-electron chi connectivity index (χ4n) is 1.78. The normalized spacial score (nSPS) is 10.9. The van der Waals surface area contributed by atoms with Crippen molar-refractivity contribution in [2.24, 2.45) is 5.92 Å². The van der Waals surface area contributed by atoms with Crippen LogP contribution < -0.4 is 0 Å². The number of hydrogen-bond donors (Lipinski definition) is 1. The fraction of sp³-hybridized carbons (Fsp3) is 0.769. The molecule has 1 heterocycles.